The van der Waals surface area contributed by atoms with Crippen LogP contribution in [0.5, 0.6) is 0 Å². The molecule has 0 saturated carbocycles. The Morgan fingerprint density at radius 2 is 1.92 bits per heavy atom. The van der Waals surface area contributed by atoms with Gasteiger partial charge in [0.2, 0.25) is 0 Å². The Morgan fingerprint density at radius 3 is 2.46 bits per heavy atom. The molecule has 2 aromatic rings. The van der Waals surface area contributed by atoms with E-state index in [9.17, 15) is 9.18 Å². The first-order valence-corrected chi connectivity index (χ1v) is 3.48. The topological polar surface area (TPSA) is 56.2 Å². The molecule has 4 nitrogen and oxygen atoms in total. The number of hydrogen-bond acceptors (Lipinski definition) is 4. The van der Waals surface area contributed by atoms with Crippen LogP contribution in [0, 0.1) is 5.82 Å². The van der Waals surface area contributed by atoms with E-state index in [1.54, 1.807) is 0 Å². The Hall–Kier alpha value is -1.91. The van der Waals surface area contributed by atoms with E-state index in [2.05, 4.69) is 14.1 Å². The number of benzene rings is 1. The quantitative estimate of drug-likeness (QED) is 0.667. The first-order valence-electron chi connectivity index (χ1n) is 3.48. The number of rotatable bonds is 1. The molecule has 0 amide bonds. The van der Waals surface area contributed by atoms with Gasteiger partial charge in [-0.1, -0.05) is 0 Å². The highest BCUT2D eigenvalue weighted by Gasteiger charge is 2.05. The van der Waals surface area contributed by atoms with E-state index in [1.165, 1.54) is 24.3 Å². The summed E-state index contributed by atoms with van der Waals surface area (Å²) in [5.41, 5.74) is 0.493. The zero-order valence-corrected chi connectivity index (χ0v) is 6.36. The van der Waals surface area contributed by atoms with Crippen LogP contribution in [0.2, 0.25) is 0 Å². The summed E-state index contributed by atoms with van der Waals surface area (Å²) in [5, 5.41) is 3.34. The monoisotopic (exact) mass is 181 g/mol. The summed E-state index contributed by atoms with van der Waals surface area (Å²) >= 11 is 0. The molecule has 0 atom stereocenters. The van der Waals surface area contributed by atoms with Gasteiger partial charge >= 0.3 is 5.82 Å². The van der Waals surface area contributed by atoms with Gasteiger partial charge in [0.15, 0.2) is 0 Å². The van der Waals surface area contributed by atoms with Gasteiger partial charge in [0, 0.05) is 5.56 Å². The molecule has 0 saturated heterocycles. The molecule has 0 aliphatic heterocycles. The third-order valence-electron chi connectivity index (χ3n) is 1.47. The van der Waals surface area contributed by atoms with E-state index >= 15 is 0 Å². The molecule has 1 heterocycles. The van der Waals surface area contributed by atoms with Crippen LogP contribution in [0.3, 0.4) is 0 Å². The summed E-state index contributed by atoms with van der Waals surface area (Å²) in [7, 11) is 0. The van der Waals surface area contributed by atoms with Crippen molar-refractivity contribution in [2.45, 2.75) is 0 Å². The minimum atomic E-state index is -0.876. The van der Waals surface area contributed by atoms with Gasteiger partial charge in [-0.15, -0.1) is 0 Å². The van der Waals surface area contributed by atoms with Crippen LogP contribution in [0.1, 0.15) is 0 Å². The minimum Gasteiger partial charge on any atom is -0.370 e. The average molecular weight is 181 g/mol. The fourth-order valence-electron chi connectivity index (χ4n) is 0.899. The predicted molar refractivity (Wildman–Crippen MR) is 40.4 cm³/mol. The maximum absolute atomic E-state index is 12.5. The van der Waals surface area contributed by atoms with Crippen molar-refractivity contribution in [2.24, 2.45) is 0 Å². The molecule has 0 aliphatic rings. The van der Waals surface area contributed by atoms with Crippen molar-refractivity contribution >= 4 is 0 Å². The largest absolute Gasteiger partial charge is 0.542 e. The van der Waals surface area contributed by atoms with Gasteiger partial charge in [-0.05, 0) is 29.4 Å². The molecule has 0 radical (unpaired) electrons. The van der Waals surface area contributed by atoms with Crippen molar-refractivity contribution < 1.29 is 13.3 Å². The molecule has 0 aliphatic carbocycles. The van der Waals surface area contributed by atoms with Crippen molar-refractivity contribution in [3.05, 3.63) is 40.7 Å². The molecule has 13 heavy (non-hydrogen) atoms. The maximum Gasteiger partial charge on any atom is 0.542 e. The standard InChI is InChI=1S/C8H4FNO3/c9-6-3-1-5(2-4-6)7-10-13-8(11)12-7/h1-4H. The molecule has 0 fully saturated rings. The van der Waals surface area contributed by atoms with E-state index in [1.807, 2.05) is 0 Å². The number of aromatic nitrogens is 1. The molecule has 1 aromatic heterocycles. The van der Waals surface area contributed by atoms with E-state index in [4.69, 9.17) is 0 Å². The molecule has 1 aromatic carbocycles. The van der Waals surface area contributed by atoms with Crippen LogP contribution in [0.25, 0.3) is 11.5 Å². The molecule has 0 unspecified atom stereocenters. The lowest BCUT2D eigenvalue weighted by Crippen LogP contribution is -1.85. The lowest BCUT2D eigenvalue weighted by atomic mass is 10.2. The van der Waals surface area contributed by atoms with Crippen LogP contribution in [0.15, 0.2) is 38.0 Å². The molecule has 66 valence electrons. The minimum absolute atomic E-state index is 0.0463. The Bertz CT molecular complexity index is 457. The van der Waals surface area contributed by atoms with Crippen molar-refractivity contribution in [2.75, 3.05) is 0 Å². The zero-order chi connectivity index (χ0) is 9.26. The molecular weight excluding hydrogens is 177 g/mol. The van der Waals surface area contributed by atoms with E-state index in [-0.39, 0.29) is 11.7 Å². The second-order valence-corrected chi connectivity index (χ2v) is 2.35. The van der Waals surface area contributed by atoms with Gasteiger partial charge < -0.3 is 4.42 Å². The van der Waals surface area contributed by atoms with Crippen LogP contribution in [-0.4, -0.2) is 5.16 Å². The SMILES string of the molecule is O=c1onc(-c2ccc(F)cc2)o1. The third-order valence-corrected chi connectivity index (χ3v) is 1.47. The van der Waals surface area contributed by atoms with Gasteiger partial charge in [0.05, 0.1) is 0 Å². The Kier molecular flexibility index (Phi) is 1.70. The zero-order valence-electron chi connectivity index (χ0n) is 6.36. The molecule has 0 spiro atoms. The lowest BCUT2D eigenvalue weighted by Gasteiger charge is -1.90. The van der Waals surface area contributed by atoms with E-state index in [0.717, 1.165) is 0 Å². The third kappa shape index (κ3) is 1.48. The van der Waals surface area contributed by atoms with Crippen molar-refractivity contribution in [3.63, 3.8) is 0 Å². The van der Waals surface area contributed by atoms with Gasteiger partial charge in [-0.25, -0.2) is 9.18 Å². The molecular formula is C8H4FNO3. The second-order valence-electron chi connectivity index (χ2n) is 2.35. The smallest absolute Gasteiger partial charge is 0.370 e. The predicted octanol–water partition coefficient (Wildman–Crippen LogP) is 1.43. The highest BCUT2D eigenvalue weighted by Crippen LogP contribution is 2.14. The summed E-state index contributed by atoms with van der Waals surface area (Å²) < 4.78 is 21.2. The molecule has 2 rings (SSSR count). The lowest BCUT2D eigenvalue weighted by molar-refractivity contribution is 0.335. The van der Waals surface area contributed by atoms with Gasteiger partial charge in [-0.3, -0.25) is 4.52 Å². The Morgan fingerprint density at radius 1 is 1.23 bits per heavy atom. The second kappa shape index (κ2) is 2.85. The fourth-order valence-corrected chi connectivity index (χ4v) is 0.899. The first kappa shape index (κ1) is 7.72. The summed E-state index contributed by atoms with van der Waals surface area (Å²) in [4.78, 5) is 10.5. The summed E-state index contributed by atoms with van der Waals surface area (Å²) in [5.74, 6) is -1.20. The van der Waals surface area contributed by atoms with Crippen LogP contribution in [0.4, 0.5) is 4.39 Å². The fraction of sp³-hybridized carbons (Fsp3) is 0. The highest BCUT2D eigenvalue weighted by atomic mass is 19.1. The summed E-state index contributed by atoms with van der Waals surface area (Å²) in [6, 6.07) is 5.36. The average Bonchev–Trinajstić information content (AvgIpc) is 2.53. The van der Waals surface area contributed by atoms with Crippen molar-refractivity contribution in [3.8, 4) is 11.5 Å². The van der Waals surface area contributed by atoms with Gasteiger partial charge in [0.1, 0.15) is 5.82 Å². The summed E-state index contributed by atoms with van der Waals surface area (Å²) in [6.45, 7) is 0. The van der Waals surface area contributed by atoms with Crippen molar-refractivity contribution in [1.82, 2.24) is 5.16 Å². The Balaban J connectivity index is 2.47. The summed E-state index contributed by atoms with van der Waals surface area (Å²) in [6.07, 6.45) is 0. The van der Waals surface area contributed by atoms with Crippen molar-refractivity contribution in [1.29, 1.82) is 0 Å². The highest BCUT2D eigenvalue weighted by molar-refractivity contribution is 5.51. The van der Waals surface area contributed by atoms with E-state index < -0.39 is 5.82 Å². The molecule has 0 bridgehead atoms. The Labute approximate surface area is 71.6 Å². The van der Waals surface area contributed by atoms with Crippen LogP contribution >= 0.6 is 0 Å². The number of nitrogens with zero attached hydrogens (tertiary/aromatic N) is 1. The molecule has 0 N–H and O–H groups in total. The van der Waals surface area contributed by atoms with Crippen LogP contribution in [-0.2, 0) is 0 Å². The van der Waals surface area contributed by atoms with Gasteiger partial charge in [-0.2, -0.15) is 0 Å². The van der Waals surface area contributed by atoms with E-state index in [0.29, 0.717) is 5.56 Å². The normalized spacial score (nSPS) is 10.2. The van der Waals surface area contributed by atoms with Gasteiger partial charge in [0.25, 0.3) is 5.89 Å². The number of hydrogen-bond donors (Lipinski definition) is 0. The first-order chi connectivity index (χ1) is 6.25. The molecule has 5 heteroatoms. The maximum atomic E-state index is 12.5. The van der Waals surface area contributed by atoms with Crippen LogP contribution < -0.4 is 5.82 Å². The number of halogens is 1.